The molecule has 1 aliphatic heterocycles. The third kappa shape index (κ3) is 2.82. The van der Waals surface area contributed by atoms with Gasteiger partial charge in [0.2, 0.25) is 0 Å². The third-order valence-corrected chi connectivity index (χ3v) is 3.92. The van der Waals surface area contributed by atoms with E-state index in [4.69, 9.17) is 4.52 Å². The first-order chi connectivity index (χ1) is 10.0. The second kappa shape index (κ2) is 5.54. The van der Waals surface area contributed by atoms with Gasteiger partial charge in [-0.2, -0.15) is 0 Å². The number of hydrogen-bond acceptors (Lipinski definition) is 4. The van der Waals surface area contributed by atoms with E-state index in [1.807, 2.05) is 4.90 Å². The highest BCUT2D eigenvalue weighted by Gasteiger charge is 2.34. The van der Waals surface area contributed by atoms with Crippen molar-refractivity contribution in [1.29, 1.82) is 0 Å². The van der Waals surface area contributed by atoms with Gasteiger partial charge < -0.3 is 9.63 Å². The van der Waals surface area contributed by atoms with E-state index in [1.54, 1.807) is 13.1 Å². The van der Waals surface area contributed by atoms with E-state index in [0.29, 0.717) is 25.3 Å². The normalized spacial score (nSPS) is 22.9. The lowest BCUT2D eigenvalue weighted by atomic mass is 10.0. The van der Waals surface area contributed by atoms with Crippen molar-refractivity contribution in [3.05, 3.63) is 52.9 Å². The highest BCUT2D eigenvalue weighted by molar-refractivity contribution is 5.24. The molecule has 2 aromatic rings. The Kier molecular flexibility index (Phi) is 3.73. The molecule has 1 N–H and O–H groups in total. The van der Waals surface area contributed by atoms with Crippen LogP contribution in [0.1, 0.15) is 29.3 Å². The molecule has 2 heterocycles. The number of benzene rings is 1. The fourth-order valence-electron chi connectivity index (χ4n) is 2.84. The molecule has 1 aliphatic rings. The summed E-state index contributed by atoms with van der Waals surface area (Å²) in [4.78, 5) is 1.92. The van der Waals surface area contributed by atoms with Crippen molar-refractivity contribution in [3.8, 4) is 0 Å². The molecular weight excluding hydrogens is 278 g/mol. The van der Waals surface area contributed by atoms with Crippen molar-refractivity contribution in [3.63, 3.8) is 0 Å². The lowest BCUT2D eigenvalue weighted by Crippen LogP contribution is -2.25. The predicted molar refractivity (Wildman–Crippen MR) is 71.4 cm³/mol. The molecule has 4 nitrogen and oxygen atoms in total. The third-order valence-electron chi connectivity index (χ3n) is 3.92. The van der Waals surface area contributed by atoms with E-state index in [1.165, 1.54) is 6.07 Å². The van der Waals surface area contributed by atoms with Gasteiger partial charge >= 0.3 is 0 Å². The average molecular weight is 294 g/mol. The van der Waals surface area contributed by atoms with Gasteiger partial charge in [0.15, 0.2) is 0 Å². The fourth-order valence-corrected chi connectivity index (χ4v) is 2.84. The van der Waals surface area contributed by atoms with E-state index < -0.39 is 17.7 Å². The molecule has 1 aromatic carbocycles. The van der Waals surface area contributed by atoms with Crippen LogP contribution in [-0.4, -0.2) is 27.8 Å². The second-order valence-electron chi connectivity index (χ2n) is 5.41. The fraction of sp³-hybridized carbons (Fsp3) is 0.400. The SMILES string of the molecule is Cc1oncc1CN1CC(O)CC1c1cc(F)ccc1F. The molecule has 6 heteroatoms. The van der Waals surface area contributed by atoms with Crippen LogP contribution in [0.2, 0.25) is 0 Å². The summed E-state index contributed by atoms with van der Waals surface area (Å²) in [5.74, 6) is -0.244. The molecule has 1 aromatic heterocycles. The Balaban J connectivity index is 1.89. The molecule has 0 saturated carbocycles. The van der Waals surface area contributed by atoms with Gasteiger partial charge in [-0.15, -0.1) is 0 Å². The van der Waals surface area contributed by atoms with E-state index in [2.05, 4.69) is 5.16 Å². The van der Waals surface area contributed by atoms with E-state index in [0.717, 1.165) is 17.7 Å². The molecule has 2 atom stereocenters. The van der Waals surface area contributed by atoms with Gasteiger partial charge in [-0.25, -0.2) is 8.78 Å². The van der Waals surface area contributed by atoms with Gasteiger partial charge in [0, 0.05) is 30.3 Å². The summed E-state index contributed by atoms with van der Waals surface area (Å²) in [7, 11) is 0. The Morgan fingerprint density at radius 2 is 2.24 bits per heavy atom. The maximum absolute atomic E-state index is 14.0. The number of β-amino-alcohol motifs (C(OH)–C–C–N with tert-alkyl or cyclic N) is 1. The minimum atomic E-state index is -0.558. The standard InChI is InChI=1S/C15H16F2N2O2/c1-9-10(6-18-21-9)7-19-8-12(20)5-15(19)13-4-11(16)2-3-14(13)17/h2-4,6,12,15,20H,5,7-8H2,1H3. The van der Waals surface area contributed by atoms with Crippen molar-refractivity contribution in [2.75, 3.05) is 6.54 Å². The van der Waals surface area contributed by atoms with Gasteiger partial charge in [-0.1, -0.05) is 5.16 Å². The molecule has 0 spiro atoms. The highest BCUT2D eigenvalue weighted by Crippen LogP contribution is 2.35. The Labute approximate surface area is 121 Å². The summed E-state index contributed by atoms with van der Waals surface area (Å²) in [5, 5.41) is 13.6. The summed E-state index contributed by atoms with van der Waals surface area (Å²) < 4.78 is 32.4. The van der Waals surface area contributed by atoms with Crippen LogP contribution in [0.15, 0.2) is 28.9 Å². The lowest BCUT2D eigenvalue weighted by Gasteiger charge is -2.24. The molecule has 21 heavy (non-hydrogen) atoms. The Bertz CT molecular complexity index is 644. The maximum atomic E-state index is 14.0. The van der Waals surface area contributed by atoms with E-state index in [9.17, 15) is 13.9 Å². The molecule has 112 valence electrons. The first-order valence-corrected chi connectivity index (χ1v) is 6.82. The number of likely N-dealkylation sites (tertiary alicyclic amines) is 1. The lowest BCUT2D eigenvalue weighted by molar-refractivity contribution is 0.172. The first-order valence-electron chi connectivity index (χ1n) is 6.82. The van der Waals surface area contributed by atoms with Crippen LogP contribution < -0.4 is 0 Å². The number of aliphatic hydroxyl groups is 1. The Morgan fingerprint density at radius 3 is 2.95 bits per heavy atom. The Morgan fingerprint density at radius 1 is 1.43 bits per heavy atom. The number of aryl methyl sites for hydroxylation is 1. The molecule has 0 aliphatic carbocycles. The minimum Gasteiger partial charge on any atom is -0.392 e. The molecular formula is C15H16F2N2O2. The maximum Gasteiger partial charge on any atom is 0.138 e. The van der Waals surface area contributed by atoms with E-state index >= 15 is 0 Å². The summed E-state index contributed by atoms with van der Waals surface area (Å²) in [6.45, 7) is 2.69. The average Bonchev–Trinajstić information content (AvgIpc) is 3.00. The van der Waals surface area contributed by atoms with Crippen LogP contribution in [0.25, 0.3) is 0 Å². The van der Waals surface area contributed by atoms with Gasteiger partial charge in [0.05, 0.1) is 12.3 Å². The van der Waals surface area contributed by atoms with Crippen LogP contribution in [0, 0.1) is 18.6 Å². The Hall–Kier alpha value is -1.79. The molecule has 3 rings (SSSR count). The largest absolute Gasteiger partial charge is 0.392 e. The number of hydrogen-bond donors (Lipinski definition) is 1. The monoisotopic (exact) mass is 294 g/mol. The zero-order valence-corrected chi connectivity index (χ0v) is 11.6. The summed E-state index contributed by atoms with van der Waals surface area (Å²) >= 11 is 0. The summed E-state index contributed by atoms with van der Waals surface area (Å²) in [6.07, 6.45) is 1.43. The van der Waals surface area contributed by atoms with Gasteiger partial charge in [-0.3, -0.25) is 4.90 Å². The topological polar surface area (TPSA) is 49.5 Å². The molecule has 2 unspecified atom stereocenters. The quantitative estimate of drug-likeness (QED) is 0.945. The summed E-state index contributed by atoms with van der Waals surface area (Å²) in [5.41, 5.74) is 1.16. The molecule has 0 amide bonds. The van der Waals surface area contributed by atoms with Crippen LogP contribution in [0.5, 0.6) is 0 Å². The van der Waals surface area contributed by atoms with Crippen molar-refractivity contribution >= 4 is 0 Å². The van der Waals surface area contributed by atoms with Gasteiger partial charge in [-0.05, 0) is 31.5 Å². The highest BCUT2D eigenvalue weighted by atomic mass is 19.1. The van der Waals surface area contributed by atoms with Gasteiger partial charge in [0.1, 0.15) is 17.4 Å². The minimum absolute atomic E-state index is 0.278. The number of nitrogens with zero attached hydrogens (tertiary/aromatic N) is 2. The zero-order chi connectivity index (χ0) is 15.0. The van der Waals surface area contributed by atoms with Crippen LogP contribution >= 0.6 is 0 Å². The van der Waals surface area contributed by atoms with Crippen molar-refractivity contribution in [2.45, 2.75) is 32.0 Å². The molecule has 0 bridgehead atoms. The summed E-state index contributed by atoms with van der Waals surface area (Å²) in [6, 6.07) is 3.06. The van der Waals surface area contributed by atoms with Crippen molar-refractivity contribution < 1.29 is 18.4 Å². The predicted octanol–water partition coefficient (Wildman–Crippen LogP) is 2.57. The van der Waals surface area contributed by atoms with Crippen LogP contribution in [0.3, 0.4) is 0 Å². The van der Waals surface area contributed by atoms with Gasteiger partial charge in [0.25, 0.3) is 0 Å². The van der Waals surface area contributed by atoms with Crippen molar-refractivity contribution in [1.82, 2.24) is 10.1 Å². The molecule has 1 saturated heterocycles. The van der Waals surface area contributed by atoms with Crippen LogP contribution in [0.4, 0.5) is 8.78 Å². The number of aromatic nitrogens is 1. The van der Waals surface area contributed by atoms with E-state index in [-0.39, 0.29) is 11.6 Å². The van der Waals surface area contributed by atoms with Crippen LogP contribution in [-0.2, 0) is 6.54 Å². The first kappa shape index (κ1) is 14.2. The second-order valence-corrected chi connectivity index (χ2v) is 5.41. The zero-order valence-electron chi connectivity index (χ0n) is 11.6. The smallest absolute Gasteiger partial charge is 0.138 e. The molecule has 1 fully saturated rings. The number of rotatable bonds is 3. The molecule has 0 radical (unpaired) electrons. The number of aliphatic hydroxyl groups excluding tert-OH is 1. The number of halogens is 2. The van der Waals surface area contributed by atoms with Crippen molar-refractivity contribution in [2.24, 2.45) is 0 Å².